The summed E-state index contributed by atoms with van der Waals surface area (Å²) >= 11 is 0. The van der Waals surface area contributed by atoms with Crippen molar-refractivity contribution in [2.75, 3.05) is 29.9 Å². The van der Waals surface area contributed by atoms with Crippen LogP contribution in [-0.4, -0.2) is 36.7 Å². The van der Waals surface area contributed by atoms with E-state index in [-0.39, 0.29) is 11.3 Å². The van der Waals surface area contributed by atoms with Gasteiger partial charge in [0.05, 0.1) is 0 Å². The molecule has 1 aliphatic rings. The van der Waals surface area contributed by atoms with Crippen LogP contribution < -0.4 is 10.2 Å². The van der Waals surface area contributed by atoms with Crippen LogP contribution in [0.5, 0.6) is 5.75 Å². The standard InChI is InChI=1S/C24H24N2O4/c27-22-15-18-7-3-2-6-17(18)14-21(22)24(29)30-16-23(28)25-19-8-10-20(11-9-19)26-12-4-1-5-13-26/h2-3,6-11,14-15,27H,1,4-5,12-13,16H2,(H,25,28). The monoisotopic (exact) mass is 404 g/mol. The number of nitrogens with one attached hydrogen (secondary N) is 1. The van der Waals surface area contributed by atoms with Gasteiger partial charge in [-0.1, -0.05) is 24.3 Å². The summed E-state index contributed by atoms with van der Waals surface area (Å²) < 4.78 is 5.09. The Morgan fingerprint density at radius 2 is 1.60 bits per heavy atom. The Kier molecular flexibility index (Phi) is 5.84. The Balaban J connectivity index is 1.33. The molecule has 0 unspecified atom stereocenters. The Hall–Kier alpha value is -3.54. The summed E-state index contributed by atoms with van der Waals surface area (Å²) in [6.07, 6.45) is 3.69. The van der Waals surface area contributed by atoms with E-state index in [0.29, 0.717) is 5.69 Å². The van der Waals surface area contributed by atoms with Crippen LogP contribution in [0.25, 0.3) is 10.8 Å². The van der Waals surface area contributed by atoms with Gasteiger partial charge in [-0.15, -0.1) is 0 Å². The van der Waals surface area contributed by atoms with Crippen molar-refractivity contribution in [1.82, 2.24) is 0 Å². The van der Waals surface area contributed by atoms with Crippen molar-refractivity contribution in [2.24, 2.45) is 0 Å². The van der Waals surface area contributed by atoms with Gasteiger partial charge < -0.3 is 20.1 Å². The fraction of sp³-hybridized carbons (Fsp3) is 0.250. The van der Waals surface area contributed by atoms with E-state index in [1.54, 1.807) is 6.07 Å². The van der Waals surface area contributed by atoms with Gasteiger partial charge in [-0.05, 0) is 66.4 Å². The molecule has 0 spiro atoms. The zero-order valence-corrected chi connectivity index (χ0v) is 16.6. The number of phenols is 1. The number of amides is 1. The van der Waals surface area contributed by atoms with Gasteiger partial charge in [0.1, 0.15) is 11.3 Å². The first-order valence-electron chi connectivity index (χ1n) is 10.1. The summed E-state index contributed by atoms with van der Waals surface area (Å²) in [5, 5.41) is 14.5. The lowest BCUT2D eigenvalue weighted by Crippen LogP contribution is -2.29. The minimum absolute atomic E-state index is 0.0346. The zero-order valence-electron chi connectivity index (χ0n) is 16.6. The number of hydrogen-bond donors (Lipinski definition) is 2. The first-order chi connectivity index (χ1) is 14.6. The number of rotatable bonds is 5. The van der Waals surface area contributed by atoms with E-state index in [0.717, 1.165) is 29.5 Å². The third-order valence-corrected chi connectivity index (χ3v) is 5.29. The molecule has 1 fully saturated rings. The molecule has 1 amide bonds. The molecule has 0 bridgehead atoms. The molecular weight excluding hydrogens is 380 g/mol. The molecule has 154 valence electrons. The molecule has 0 saturated carbocycles. The van der Waals surface area contributed by atoms with E-state index in [1.807, 2.05) is 48.5 Å². The van der Waals surface area contributed by atoms with Crippen LogP contribution in [0.3, 0.4) is 0 Å². The number of esters is 1. The molecule has 4 rings (SSSR count). The van der Waals surface area contributed by atoms with E-state index in [9.17, 15) is 14.7 Å². The van der Waals surface area contributed by atoms with Crippen molar-refractivity contribution >= 4 is 34.0 Å². The van der Waals surface area contributed by atoms with E-state index < -0.39 is 18.5 Å². The van der Waals surface area contributed by atoms with Gasteiger partial charge in [-0.25, -0.2) is 4.79 Å². The zero-order chi connectivity index (χ0) is 20.9. The summed E-state index contributed by atoms with van der Waals surface area (Å²) in [5.74, 6) is -1.35. The minimum Gasteiger partial charge on any atom is -0.507 e. The van der Waals surface area contributed by atoms with Gasteiger partial charge in [0, 0.05) is 24.5 Å². The number of ether oxygens (including phenoxy) is 1. The Bertz CT molecular complexity index is 1060. The number of aromatic hydroxyl groups is 1. The number of carbonyl (C=O) groups excluding carboxylic acids is 2. The summed E-state index contributed by atoms with van der Waals surface area (Å²) in [4.78, 5) is 26.8. The lowest BCUT2D eigenvalue weighted by atomic mass is 10.1. The summed E-state index contributed by atoms with van der Waals surface area (Å²) in [7, 11) is 0. The molecule has 6 nitrogen and oxygen atoms in total. The highest BCUT2D eigenvalue weighted by Gasteiger charge is 2.16. The van der Waals surface area contributed by atoms with E-state index >= 15 is 0 Å². The molecule has 3 aromatic rings. The predicted octanol–water partition coefficient (Wildman–Crippen LogP) is 4.33. The molecule has 0 aromatic heterocycles. The Morgan fingerprint density at radius 1 is 0.933 bits per heavy atom. The number of benzene rings is 3. The molecule has 1 saturated heterocycles. The Labute approximate surface area is 175 Å². The van der Waals surface area contributed by atoms with Crippen molar-refractivity contribution in [2.45, 2.75) is 19.3 Å². The summed E-state index contributed by atoms with van der Waals surface area (Å²) in [5.41, 5.74) is 1.82. The fourth-order valence-corrected chi connectivity index (χ4v) is 3.71. The molecule has 0 radical (unpaired) electrons. The maximum absolute atomic E-state index is 12.3. The van der Waals surface area contributed by atoms with Crippen LogP contribution in [0.15, 0.2) is 60.7 Å². The lowest BCUT2D eigenvalue weighted by molar-refractivity contribution is -0.119. The van der Waals surface area contributed by atoms with Crippen molar-refractivity contribution in [3.63, 3.8) is 0 Å². The first-order valence-corrected chi connectivity index (χ1v) is 10.1. The second-order valence-corrected chi connectivity index (χ2v) is 7.44. The largest absolute Gasteiger partial charge is 0.507 e. The average molecular weight is 404 g/mol. The first kappa shape index (κ1) is 19.8. The molecule has 30 heavy (non-hydrogen) atoms. The van der Waals surface area contributed by atoms with Gasteiger partial charge in [-0.3, -0.25) is 4.79 Å². The molecule has 6 heteroatoms. The van der Waals surface area contributed by atoms with Gasteiger partial charge >= 0.3 is 5.97 Å². The Morgan fingerprint density at radius 3 is 2.30 bits per heavy atom. The molecule has 2 N–H and O–H groups in total. The second kappa shape index (κ2) is 8.86. The topological polar surface area (TPSA) is 78.9 Å². The molecule has 3 aromatic carbocycles. The van der Waals surface area contributed by atoms with Crippen LogP contribution in [0.4, 0.5) is 11.4 Å². The second-order valence-electron chi connectivity index (χ2n) is 7.44. The number of nitrogens with zero attached hydrogens (tertiary/aromatic N) is 1. The average Bonchev–Trinajstić information content (AvgIpc) is 2.78. The number of piperidine rings is 1. The SMILES string of the molecule is O=C(COC(=O)c1cc2ccccc2cc1O)Nc1ccc(N2CCCCC2)cc1. The maximum Gasteiger partial charge on any atom is 0.342 e. The van der Waals surface area contributed by atoms with Crippen molar-refractivity contribution in [3.8, 4) is 5.75 Å². The predicted molar refractivity (Wildman–Crippen MR) is 117 cm³/mol. The lowest BCUT2D eigenvalue weighted by Gasteiger charge is -2.28. The van der Waals surface area contributed by atoms with Gasteiger partial charge in [0.15, 0.2) is 6.61 Å². The summed E-state index contributed by atoms with van der Waals surface area (Å²) in [6.45, 7) is 1.69. The van der Waals surface area contributed by atoms with Crippen molar-refractivity contribution in [3.05, 3.63) is 66.2 Å². The highest BCUT2D eigenvalue weighted by molar-refractivity contribution is 6.00. The smallest absolute Gasteiger partial charge is 0.342 e. The number of carbonyl (C=O) groups is 2. The van der Waals surface area contributed by atoms with E-state index in [1.165, 1.54) is 25.3 Å². The van der Waals surface area contributed by atoms with Crippen LogP contribution in [0.2, 0.25) is 0 Å². The van der Waals surface area contributed by atoms with E-state index in [2.05, 4.69) is 10.2 Å². The molecule has 0 atom stereocenters. The third kappa shape index (κ3) is 4.54. The molecular formula is C24H24N2O4. The van der Waals surface area contributed by atoms with Crippen LogP contribution in [0.1, 0.15) is 29.6 Å². The van der Waals surface area contributed by atoms with Gasteiger partial charge in [0.2, 0.25) is 0 Å². The number of hydrogen-bond acceptors (Lipinski definition) is 5. The van der Waals surface area contributed by atoms with Crippen molar-refractivity contribution < 1.29 is 19.4 Å². The maximum atomic E-state index is 12.3. The van der Waals surface area contributed by atoms with Crippen LogP contribution in [-0.2, 0) is 9.53 Å². The molecule has 0 aliphatic carbocycles. The van der Waals surface area contributed by atoms with Gasteiger partial charge in [0.25, 0.3) is 5.91 Å². The highest BCUT2D eigenvalue weighted by Crippen LogP contribution is 2.26. The molecule has 1 heterocycles. The van der Waals surface area contributed by atoms with Crippen molar-refractivity contribution in [1.29, 1.82) is 0 Å². The van der Waals surface area contributed by atoms with E-state index in [4.69, 9.17) is 4.74 Å². The number of fused-ring (bicyclic) bond motifs is 1. The van der Waals surface area contributed by atoms with Crippen LogP contribution in [0, 0.1) is 0 Å². The van der Waals surface area contributed by atoms with Crippen LogP contribution >= 0.6 is 0 Å². The number of anilines is 2. The number of phenolic OH excluding ortho intramolecular Hbond substituents is 1. The van der Waals surface area contributed by atoms with Gasteiger partial charge in [-0.2, -0.15) is 0 Å². The molecule has 1 aliphatic heterocycles. The quantitative estimate of drug-likeness (QED) is 0.619. The third-order valence-electron chi connectivity index (χ3n) is 5.29. The summed E-state index contributed by atoms with van der Waals surface area (Å²) in [6, 6.07) is 18.1. The fourth-order valence-electron chi connectivity index (χ4n) is 3.71. The highest BCUT2D eigenvalue weighted by atomic mass is 16.5. The normalized spacial score (nSPS) is 13.8. The minimum atomic E-state index is -0.742.